The van der Waals surface area contributed by atoms with E-state index in [2.05, 4.69) is 16.4 Å². The summed E-state index contributed by atoms with van der Waals surface area (Å²) >= 11 is 0. The van der Waals surface area contributed by atoms with Gasteiger partial charge in [0.15, 0.2) is 11.5 Å². The third kappa shape index (κ3) is 5.85. The van der Waals surface area contributed by atoms with Gasteiger partial charge in [-0.25, -0.2) is 5.43 Å². The molecule has 0 fully saturated rings. The Morgan fingerprint density at radius 3 is 2.79 bits per heavy atom. The number of rotatable bonds is 9. The second-order valence-electron chi connectivity index (χ2n) is 5.49. The van der Waals surface area contributed by atoms with Gasteiger partial charge in [0.25, 0.3) is 5.69 Å². The molecule has 0 saturated heterocycles. The molecule has 0 aliphatic carbocycles. The van der Waals surface area contributed by atoms with Crippen molar-refractivity contribution in [2.75, 3.05) is 13.2 Å². The smallest absolute Gasteiger partial charge is 0.273 e. The molecule has 8 nitrogen and oxygen atoms in total. The van der Waals surface area contributed by atoms with Crippen molar-refractivity contribution in [3.05, 3.63) is 63.7 Å². The molecule has 0 bridgehead atoms. The minimum Gasteiger partial charge on any atom is -0.490 e. The molecular formula is C20H19N3O5. The first-order valence-corrected chi connectivity index (χ1v) is 8.42. The Balaban J connectivity index is 2.02. The average Bonchev–Trinajstić information content (AvgIpc) is 2.68. The Labute approximate surface area is 162 Å². The van der Waals surface area contributed by atoms with Crippen molar-refractivity contribution in [3.8, 4) is 23.8 Å². The first-order chi connectivity index (χ1) is 13.5. The molecular weight excluding hydrogens is 362 g/mol. The van der Waals surface area contributed by atoms with Crippen LogP contribution in [0.4, 0.5) is 5.69 Å². The zero-order valence-electron chi connectivity index (χ0n) is 15.3. The number of ether oxygens (including phenoxy) is 2. The van der Waals surface area contributed by atoms with E-state index in [4.69, 9.17) is 15.9 Å². The number of terminal acetylenes is 1. The van der Waals surface area contributed by atoms with Gasteiger partial charge in [-0.2, -0.15) is 5.10 Å². The molecule has 2 rings (SSSR count). The van der Waals surface area contributed by atoms with Crippen molar-refractivity contribution in [2.45, 2.75) is 13.3 Å². The molecule has 2 aromatic carbocycles. The number of hydrazone groups is 1. The molecule has 28 heavy (non-hydrogen) atoms. The van der Waals surface area contributed by atoms with Crippen LogP contribution in [0.5, 0.6) is 11.5 Å². The highest BCUT2D eigenvalue weighted by molar-refractivity contribution is 5.84. The third-order valence-electron chi connectivity index (χ3n) is 3.52. The molecule has 0 aromatic heterocycles. The van der Waals surface area contributed by atoms with Gasteiger partial charge in [-0.05, 0) is 30.7 Å². The minimum absolute atomic E-state index is 0.106. The van der Waals surface area contributed by atoms with E-state index in [1.165, 1.54) is 18.3 Å². The van der Waals surface area contributed by atoms with Crippen LogP contribution in [0.2, 0.25) is 0 Å². The number of amides is 1. The first-order valence-electron chi connectivity index (χ1n) is 8.42. The van der Waals surface area contributed by atoms with Crippen LogP contribution < -0.4 is 14.9 Å². The van der Waals surface area contributed by atoms with Crippen LogP contribution in [0.15, 0.2) is 47.6 Å². The largest absolute Gasteiger partial charge is 0.490 e. The van der Waals surface area contributed by atoms with Crippen LogP contribution in [0.25, 0.3) is 0 Å². The van der Waals surface area contributed by atoms with E-state index in [-0.39, 0.29) is 18.7 Å². The summed E-state index contributed by atoms with van der Waals surface area (Å²) in [6.07, 6.45) is 6.47. The highest BCUT2D eigenvalue weighted by Gasteiger charge is 2.15. The van der Waals surface area contributed by atoms with E-state index >= 15 is 0 Å². The second kappa shape index (κ2) is 10.3. The van der Waals surface area contributed by atoms with Gasteiger partial charge in [0, 0.05) is 11.6 Å². The van der Waals surface area contributed by atoms with E-state index in [1.54, 1.807) is 30.3 Å². The molecule has 0 aliphatic rings. The van der Waals surface area contributed by atoms with Gasteiger partial charge in [-0.15, -0.1) is 6.42 Å². The Kier molecular flexibility index (Phi) is 7.54. The molecule has 8 heteroatoms. The topological polar surface area (TPSA) is 103 Å². The van der Waals surface area contributed by atoms with E-state index in [0.29, 0.717) is 29.2 Å². The standard InChI is InChI=1S/C20H19N3O5/c1-3-11-28-18-10-9-15(12-19(18)27-4-2)14-21-22-20(24)13-16-7-5-6-8-17(16)23(25)26/h1,5-10,12,14H,4,11,13H2,2H3,(H,22,24)/b21-14+. The molecule has 0 aliphatic heterocycles. The minimum atomic E-state index is -0.523. The van der Waals surface area contributed by atoms with Gasteiger partial charge < -0.3 is 9.47 Å². The van der Waals surface area contributed by atoms with Gasteiger partial charge >= 0.3 is 0 Å². The summed E-state index contributed by atoms with van der Waals surface area (Å²) in [6.45, 7) is 2.41. The molecule has 1 amide bonds. The van der Waals surface area contributed by atoms with Crippen LogP contribution >= 0.6 is 0 Å². The number of nitrogens with one attached hydrogen (secondary N) is 1. The quantitative estimate of drug-likeness (QED) is 0.311. The summed E-state index contributed by atoms with van der Waals surface area (Å²) in [5.41, 5.74) is 3.23. The number of nitrogens with zero attached hydrogens (tertiary/aromatic N) is 2. The summed E-state index contributed by atoms with van der Waals surface area (Å²) in [5.74, 6) is 2.93. The molecule has 144 valence electrons. The third-order valence-corrected chi connectivity index (χ3v) is 3.52. The predicted octanol–water partition coefficient (Wildman–Crippen LogP) is 2.70. The summed E-state index contributed by atoms with van der Waals surface area (Å²) in [4.78, 5) is 22.5. The normalized spacial score (nSPS) is 10.3. The zero-order chi connectivity index (χ0) is 20.4. The number of para-hydroxylation sites is 1. The predicted molar refractivity (Wildman–Crippen MR) is 104 cm³/mol. The summed E-state index contributed by atoms with van der Waals surface area (Å²) in [6, 6.07) is 11.2. The van der Waals surface area contributed by atoms with E-state index < -0.39 is 10.8 Å². The van der Waals surface area contributed by atoms with Crippen molar-refractivity contribution in [2.24, 2.45) is 5.10 Å². The fourth-order valence-electron chi connectivity index (χ4n) is 2.34. The van der Waals surface area contributed by atoms with Crippen LogP contribution in [-0.2, 0) is 11.2 Å². The summed E-state index contributed by atoms with van der Waals surface area (Å²) < 4.78 is 10.9. The molecule has 0 heterocycles. The lowest BCUT2D eigenvalue weighted by atomic mass is 10.1. The second-order valence-corrected chi connectivity index (χ2v) is 5.49. The van der Waals surface area contributed by atoms with Crippen molar-refractivity contribution < 1.29 is 19.2 Å². The van der Waals surface area contributed by atoms with Gasteiger partial charge in [0.05, 0.1) is 24.2 Å². The van der Waals surface area contributed by atoms with Gasteiger partial charge in [-0.1, -0.05) is 24.1 Å². The highest BCUT2D eigenvalue weighted by Crippen LogP contribution is 2.28. The molecule has 0 radical (unpaired) electrons. The van der Waals surface area contributed by atoms with Crippen molar-refractivity contribution >= 4 is 17.8 Å². The lowest BCUT2D eigenvalue weighted by Gasteiger charge is -2.10. The number of nitro groups is 1. The van der Waals surface area contributed by atoms with E-state index in [0.717, 1.165) is 0 Å². The highest BCUT2D eigenvalue weighted by atomic mass is 16.6. The number of carbonyl (C=O) groups excluding carboxylic acids is 1. The van der Waals surface area contributed by atoms with Crippen LogP contribution in [-0.4, -0.2) is 30.3 Å². The number of hydrogen-bond acceptors (Lipinski definition) is 6. The fraction of sp³-hybridized carbons (Fsp3) is 0.200. The van der Waals surface area contributed by atoms with Crippen molar-refractivity contribution in [1.82, 2.24) is 5.43 Å². The Bertz CT molecular complexity index is 918. The lowest BCUT2D eigenvalue weighted by molar-refractivity contribution is -0.385. The Morgan fingerprint density at radius 1 is 1.29 bits per heavy atom. The Hall–Kier alpha value is -3.86. The van der Waals surface area contributed by atoms with E-state index in [1.807, 2.05) is 6.92 Å². The van der Waals surface area contributed by atoms with Crippen LogP contribution in [0.1, 0.15) is 18.1 Å². The molecule has 0 spiro atoms. The number of benzene rings is 2. The van der Waals surface area contributed by atoms with E-state index in [9.17, 15) is 14.9 Å². The number of hydrogen-bond donors (Lipinski definition) is 1. The maximum Gasteiger partial charge on any atom is 0.273 e. The maximum atomic E-state index is 12.0. The SMILES string of the molecule is C#CCOc1ccc(/C=N/NC(=O)Cc2ccccc2[N+](=O)[O-])cc1OCC. The lowest BCUT2D eigenvalue weighted by Crippen LogP contribution is -2.20. The molecule has 2 aromatic rings. The summed E-state index contributed by atoms with van der Waals surface area (Å²) in [7, 11) is 0. The number of nitro benzene ring substituents is 1. The van der Waals surface area contributed by atoms with Gasteiger partial charge in [0.1, 0.15) is 6.61 Å². The summed E-state index contributed by atoms with van der Waals surface area (Å²) in [5, 5.41) is 14.9. The zero-order valence-corrected chi connectivity index (χ0v) is 15.3. The fourth-order valence-corrected chi connectivity index (χ4v) is 2.34. The van der Waals surface area contributed by atoms with Gasteiger partial charge in [0.2, 0.25) is 5.91 Å². The molecule has 0 unspecified atom stereocenters. The van der Waals surface area contributed by atoms with Gasteiger partial charge in [-0.3, -0.25) is 14.9 Å². The molecule has 1 N–H and O–H groups in total. The van der Waals surface area contributed by atoms with Crippen LogP contribution in [0.3, 0.4) is 0 Å². The average molecular weight is 381 g/mol. The number of carbonyl (C=O) groups is 1. The monoisotopic (exact) mass is 381 g/mol. The van der Waals surface area contributed by atoms with Crippen molar-refractivity contribution in [3.63, 3.8) is 0 Å². The van der Waals surface area contributed by atoms with Crippen molar-refractivity contribution in [1.29, 1.82) is 0 Å². The first kappa shape index (κ1) is 20.5. The Morgan fingerprint density at radius 2 is 2.07 bits per heavy atom. The molecule has 0 saturated carbocycles. The van der Waals surface area contributed by atoms with Crippen LogP contribution in [0, 0.1) is 22.5 Å². The molecule has 0 atom stereocenters. The maximum absolute atomic E-state index is 12.0.